The molecular formula is C21H17N3O2S2. The monoisotopic (exact) mass is 407 g/mol. The molecule has 0 saturated heterocycles. The Morgan fingerprint density at radius 1 is 1.18 bits per heavy atom. The number of benzene rings is 1. The van der Waals surface area contributed by atoms with Gasteiger partial charge in [-0.05, 0) is 42.6 Å². The minimum absolute atomic E-state index is 0.168. The van der Waals surface area contributed by atoms with Gasteiger partial charge in [0.05, 0.1) is 11.4 Å². The topological polar surface area (TPSA) is 64.1 Å². The number of ether oxygens (including phenoxy) is 1. The molecule has 0 spiro atoms. The lowest BCUT2D eigenvalue weighted by molar-refractivity contribution is 0.103. The lowest BCUT2D eigenvalue weighted by Crippen LogP contribution is -2.11. The Morgan fingerprint density at radius 3 is 2.89 bits per heavy atom. The number of amides is 1. The first-order chi connectivity index (χ1) is 13.7. The summed E-state index contributed by atoms with van der Waals surface area (Å²) in [4.78, 5) is 22.1. The van der Waals surface area contributed by atoms with Crippen LogP contribution in [0.2, 0.25) is 0 Å². The Morgan fingerprint density at radius 2 is 2.11 bits per heavy atom. The van der Waals surface area contributed by atoms with Crippen LogP contribution >= 0.6 is 22.7 Å². The molecule has 4 aromatic rings. The average molecular weight is 408 g/mol. The molecule has 0 aliphatic rings. The molecule has 7 heteroatoms. The Labute approximate surface area is 170 Å². The van der Waals surface area contributed by atoms with Gasteiger partial charge in [-0.2, -0.15) is 11.3 Å². The van der Waals surface area contributed by atoms with Crippen molar-refractivity contribution in [1.82, 2.24) is 9.97 Å². The maximum Gasteiger partial charge on any atom is 0.267 e. The van der Waals surface area contributed by atoms with Crippen LogP contribution in [0.25, 0.3) is 10.6 Å². The van der Waals surface area contributed by atoms with E-state index in [1.54, 1.807) is 23.6 Å². The van der Waals surface area contributed by atoms with Gasteiger partial charge in [-0.15, -0.1) is 11.3 Å². The zero-order chi connectivity index (χ0) is 19.3. The third-order valence-electron chi connectivity index (χ3n) is 3.98. The second-order valence-corrected chi connectivity index (χ2v) is 7.82. The smallest absolute Gasteiger partial charge is 0.267 e. The molecule has 4 rings (SSSR count). The maximum atomic E-state index is 12.7. The largest absolute Gasteiger partial charge is 0.487 e. The first-order valence-electron chi connectivity index (χ1n) is 8.63. The molecule has 1 amide bonds. The number of nitrogens with zero attached hydrogens (tertiary/aromatic N) is 2. The number of aromatic nitrogens is 2. The molecule has 0 radical (unpaired) electrons. The molecule has 0 unspecified atom stereocenters. The van der Waals surface area contributed by atoms with Crippen LogP contribution < -0.4 is 10.1 Å². The number of anilines is 1. The molecule has 140 valence electrons. The summed E-state index contributed by atoms with van der Waals surface area (Å²) >= 11 is 3.01. The Bertz CT molecular complexity index is 1080. The third kappa shape index (κ3) is 4.27. The van der Waals surface area contributed by atoms with E-state index >= 15 is 0 Å². The van der Waals surface area contributed by atoms with Gasteiger partial charge in [0.25, 0.3) is 5.91 Å². The van der Waals surface area contributed by atoms with Crippen molar-refractivity contribution in [2.45, 2.75) is 13.5 Å². The van der Waals surface area contributed by atoms with Gasteiger partial charge in [0.15, 0.2) is 0 Å². The number of pyridine rings is 1. The van der Waals surface area contributed by atoms with Crippen LogP contribution in [0.3, 0.4) is 0 Å². The van der Waals surface area contributed by atoms with Gasteiger partial charge in [0.1, 0.15) is 22.2 Å². The van der Waals surface area contributed by atoms with E-state index in [1.807, 2.05) is 60.1 Å². The Hall–Kier alpha value is -3.03. The molecule has 0 atom stereocenters. The van der Waals surface area contributed by atoms with Crippen LogP contribution in [0, 0.1) is 6.92 Å². The van der Waals surface area contributed by atoms with Crippen LogP contribution in [-0.2, 0) is 6.61 Å². The summed E-state index contributed by atoms with van der Waals surface area (Å²) in [6.45, 7) is 2.23. The molecular weight excluding hydrogens is 390 g/mol. The van der Waals surface area contributed by atoms with E-state index in [1.165, 1.54) is 11.3 Å². The van der Waals surface area contributed by atoms with Crippen molar-refractivity contribution in [1.29, 1.82) is 0 Å². The minimum atomic E-state index is -0.168. The number of thiophene rings is 1. The second kappa shape index (κ2) is 8.33. The highest BCUT2D eigenvalue weighted by Crippen LogP contribution is 2.30. The Kier molecular flexibility index (Phi) is 5.45. The first kappa shape index (κ1) is 18.3. The molecule has 1 aromatic carbocycles. The molecule has 28 heavy (non-hydrogen) atoms. The highest BCUT2D eigenvalue weighted by atomic mass is 32.1. The number of hydrogen-bond donors (Lipinski definition) is 1. The lowest BCUT2D eigenvalue weighted by Gasteiger charge is -2.08. The normalized spacial score (nSPS) is 10.6. The lowest BCUT2D eigenvalue weighted by atomic mass is 10.3. The maximum absolute atomic E-state index is 12.7. The summed E-state index contributed by atoms with van der Waals surface area (Å²) in [5, 5.41) is 7.82. The van der Waals surface area contributed by atoms with Crippen molar-refractivity contribution in [3.05, 3.63) is 81.8 Å². The number of aryl methyl sites for hydroxylation is 1. The number of hydrogen-bond acceptors (Lipinski definition) is 6. The van der Waals surface area contributed by atoms with Gasteiger partial charge in [0, 0.05) is 28.9 Å². The van der Waals surface area contributed by atoms with E-state index in [4.69, 9.17) is 4.74 Å². The summed E-state index contributed by atoms with van der Waals surface area (Å²) in [6.07, 6.45) is 1.73. The highest BCUT2D eigenvalue weighted by molar-refractivity contribution is 7.17. The van der Waals surface area contributed by atoms with Crippen molar-refractivity contribution in [3.8, 4) is 16.3 Å². The Balaban J connectivity index is 1.45. The molecule has 5 nitrogen and oxygen atoms in total. The van der Waals surface area contributed by atoms with E-state index in [9.17, 15) is 4.79 Å². The van der Waals surface area contributed by atoms with Crippen molar-refractivity contribution in [3.63, 3.8) is 0 Å². The number of nitrogens with one attached hydrogen (secondary N) is 1. The molecule has 0 saturated carbocycles. The quantitative estimate of drug-likeness (QED) is 0.464. The van der Waals surface area contributed by atoms with Crippen LogP contribution in [0.5, 0.6) is 5.75 Å². The van der Waals surface area contributed by atoms with Gasteiger partial charge in [-0.1, -0.05) is 12.1 Å². The van der Waals surface area contributed by atoms with E-state index in [0.717, 1.165) is 22.0 Å². The molecule has 3 aromatic heterocycles. The summed E-state index contributed by atoms with van der Waals surface area (Å²) in [7, 11) is 0. The van der Waals surface area contributed by atoms with Crippen LogP contribution in [0.15, 0.2) is 65.5 Å². The van der Waals surface area contributed by atoms with E-state index in [0.29, 0.717) is 22.9 Å². The van der Waals surface area contributed by atoms with Crippen molar-refractivity contribution >= 4 is 34.3 Å². The summed E-state index contributed by atoms with van der Waals surface area (Å²) < 4.78 is 5.77. The number of thiazole rings is 1. The second-order valence-electron chi connectivity index (χ2n) is 6.04. The van der Waals surface area contributed by atoms with Gasteiger partial charge in [0.2, 0.25) is 0 Å². The standard InChI is InChI=1S/C21H17N3O2S2/c1-14-19(28-21(23-14)15-8-10-27-13-15)20(25)24-16-6-4-7-18(11-16)26-12-17-5-2-3-9-22-17/h2-11,13H,12H2,1H3,(H,24,25). The fourth-order valence-electron chi connectivity index (χ4n) is 2.61. The first-order valence-corrected chi connectivity index (χ1v) is 10.4. The van der Waals surface area contributed by atoms with E-state index < -0.39 is 0 Å². The predicted molar refractivity (Wildman–Crippen MR) is 113 cm³/mol. The molecule has 0 aliphatic carbocycles. The zero-order valence-corrected chi connectivity index (χ0v) is 16.7. The van der Waals surface area contributed by atoms with Gasteiger partial charge in [-0.3, -0.25) is 9.78 Å². The third-order valence-corrected chi connectivity index (χ3v) is 5.86. The fourth-order valence-corrected chi connectivity index (χ4v) is 4.28. The number of rotatable bonds is 6. The van der Waals surface area contributed by atoms with Crippen molar-refractivity contribution in [2.24, 2.45) is 0 Å². The van der Waals surface area contributed by atoms with Gasteiger partial charge < -0.3 is 10.1 Å². The van der Waals surface area contributed by atoms with Crippen LogP contribution in [0.1, 0.15) is 21.1 Å². The predicted octanol–water partition coefficient (Wildman–Crippen LogP) is 5.41. The van der Waals surface area contributed by atoms with Gasteiger partial charge >= 0.3 is 0 Å². The SMILES string of the molecule is Cc1nc(-c2ccsc2)sc1C(=O)Nc1cccc(OCc2ccccn2)c1. The molecule has 0 bridgehead atoms. The fraction of sp³-hybridized carbons (Fsp3) is 0.0952. The summed E-state index contributed by atoms with van der Waals surface area (Å²) in [6, 6.07) is 15.0. The molecule has 0 aliphatic heterocycles. The molecule has 0 fully saturated rings. The molecule has 3 heterocycles. The summed E-state index contributed by atoms with van der Waals surface area (Å²) in [5.41, 5.74) is 3.29. The number of carbonyl (C=O) groups excluding carboxylic acids is 1. The molecule has 1 N–H and O–H groups in total. The van der Waals surface area contributed by atoms with E-state index in [-0.39, 0.29) is 5.91 Å². The zero-order valence-electron chi connectivity index (χ0n) is 15.1. The number of carbonyl (C=O) groups is 1. The van der Waals surface area contributed by atoms with Crippen molar-refractivity contribution in [2.75, 3.05) is 5.32 Å². The van der Waals surface area contributed by atoms with Crippen LogP contribution in [0.4, 0.5) is 5.69 Å². The van der Waals surface area contributed by atoms with E-state index in [2.05, 4.69) is 15.3 Å². The average Bonchev–Trinajstić information content (AvgIpc) is 3.37. The van der Waals surface area contributed by atoms with Crippen molar-refractivity contribution < 1.29 is 9.53 Å². The minimum Gasteiger partial charge on any atom is -0.487 e. The van der Waals surface area contributed by atoms with Crippen LogP contribution in [-0.4, -0.2) is 15.9 Å². The highest BCUT2D eigenvalue weighted by Gasteiger charge is 2.16. The summed E-state index contributed by atoms with van der Waals surface area (Å²) in [5.74, 6) is 0.502. The van der Waals surface area contributed by atoms with Gasteiger partial charge in [-0.25, -0.2) is 4.98 Å².